The Labute approximate surface area is 146 Å². The van der Waals surface area contributed by atoms with Crippen molar-refractivity contribution in [1.29, 1.82) is 5.26 Å². The van der Waals surface area contributed by atoms with E-state index in [0.717, 1.165) is 25.1 Å². The highest BCUT2D eigenvalue weighted by molar-refractivity contribution is 5.58. The van der Waals surface area contributed by atoms with Crippen LogP contribution in [0.25, 0.3) is 0 Å². The van der Waals surface area contributed by atoms with Gasteiger partial charge in [-0.05, 0) is 36.6 Å². The summed E-state index contributed by atoms with van der Waals surface area (Å²) >= 11 is 0. The van der Waals surface area contributed by atoms with Crippen LogP contribution in [0.5, 0.6) is 0 Å². The average molecular weight is 330 g/mol. The second-order valence-corrected chi connectivity index (χ2v) is 5.50. The molecule has 3 aromatic rings. The Bertz CT molecular complexity index is 857. The summed E-state index contributed by atoms with van der Waals surface area (Å²) in [6.07, 6.45) is 3.53. The van der Waals surface area contributed by atoms with E-state index in [-0.39, 0.29) is 0 Å². The third-order valence-electron chi connectivity index (χ3n) is 3.59. The number of anilines is 3. The van der Waals surface area contributed by atoms with Gasteiger partial charge in [-0.1, -0.05) is 36.4 Å². The lowest BCUT2D eigenvalue weighted by molar-refractivity contribution is 0.843. The van der Waals surface area contributed by atoms with Gasteiger partial charge in [-0.15, -0.1) is 5.10 Å². The molecule has 1 heterocycles. The molecule has 25 heavy (non-hydrogen) atoms. The van der Waals surface area contributed by atoms with Crippen LogP contribution in [0, 0.1) is 11.3 Å². The zero-order chi connectivity index (χ0) is 17.3. The van der Waals surface area contributed by atoms with E-state index < -0.39 is 0 Å². The van der Waals surface area contributed by atoms with E-state index in [9.17, 15) is 0 Å². The van der Waals surface area contributed by atoms with Crippen molar-refractivity contribution in [3.8, 4) is 6.07 Å². The third-order valence-corrected chi connectivity index (χ3v) is 3.59. The van der Waals surface area contributed by atoms with E-state index in [0.29, 0.717) is 17.3 Å². The van der Waals surface area contributed by atoms with Crippen LogP contribution >= 0.6 is 0 Å². The first kappa shape index (κ1) is 16.4. The Hall–Kier alpha value is -3.46. The number of nitrogens with zero attached hydrogens (tertiary/aromatic N) is 4. The van der Waals surface area contributed by atoms with Crippen LogP contribution in [-0.4, -0.2) is 21.7 Å². The highest BCUT2D eigenvalue weighted by Gasteiger charge is 2.02. The maximum Gasteiger partial charge on any atom is 0.244 e. The fraction of sp³-hybridized carbons (Fsp3) is 0.158. The molecule has 0 spiro atoms. The summed E-state index contributed by atoms with van der Waals surface area (Å²) in [5.74, 6) is 1.06. The van der Waals surface area contributed by atoms with Gasteiger partial charge in [-0.2, -0.15) is 15.3 Å². The summed E-state index contributed by atoms with van der Waals surface area (Å²) < 4.78 is 0. The molecule has 0 amide bonds. The molecule has 6 heteroatoms. The molecule has 0 radical (unpaired) electrons. The minimum Gasteiger partial charge on any atom is -0.353 e. The van der Waals surface area contributed by atoms with Gasteiger partial charge in [0.15, 0.2) is 5.82 Å². The third kappa shape index (κ3) is 5.01. The molecule has 0 aliphatic carbocycles. The van der Waals surface area contributed by atoms with Gasteiger partial charge in [-0.25, -0.2) is 0 Å². The number of hydrogen-bond acceptors (Lipinski definition) is 6. The SMILES string of the molecule is N#Cc1cccc(Nc2cnnc(NCCCc3ccccc3)n2)c1. The summed E-state index contributed by atoms with van der Waals surface area (Å²) in [5, 5.41) is 23.2. The fourth-order valence-corrected chi connectivity index (χ4v) is 2.39. The summed E-state index contributed by atoms with van der Waals surface area (Å²) in [6, 6.07) is 19.7. The maximum atomic E-state index is 8.95. The summed E-state index contributed by atoms with van der Waals surface area (Å²) in [5.41, 5.74) is 2.69. The monoisotopic (exact) mass is 330 g/mol. The van der Waals surface area contributed by atoms with Gasteiger partial charge < -0.3 is 10.6 Å². The second kappa shape index (κ2) is 8.41. The van der Waals surface area contributed by atoms with Crippen LogP contribution in [0.15, 0.2) is 60.8 Å². The topological polar surface area (TPSA) is 86.5 Å². The van der Waals surface area contributed by atoms with Gasteiger partial charge in [0.1, 0.15) is 0 Å². The molecule has 1 aromatic heterocycles. The number of nitriles is 1. The lowest BCUT2D eigenvalue weighted by atomic mass is 10.1. The molecule has 2 aromatic carbocycles. The van der Waals surface area contributed by atoms with Crippen molar-refractivity contribution in [2.45, 2.75) is 12.8 Å². The lowest BCUT2D eigenvalue weighted by Gasteiger charge is -2.08. The van der Waals surface area contributed by atoms with Crippen molar-refractivity contribution in [1.82, 2.24) is 15.2 Å². The van der Waals surface area contributed by atoms with Crippen LogP contribution in [0.4, 0.5) is 17.5 Å². The first-order valence-corrected chi connectivity index (χ1v) is 8.08. The van der Waals surface area contributed by atoms with E-state index in [4.69, 9.17) is 5.26 Å². The van der Waals surface area contributed by atoms with Gasteiger partial charge in [0.25, 0.3) is 0 Å². The van der Waals surface area contributed by atoms with Gasteiger partial charge in [0.05, 0.1) is 17.8 Å². The summed E-state index contributed by atoms with van der Waals surface area (Å²) in [4.78, 5) is 4.39. The van der Waals surface area contributed by atoms with E-state index >= 15 is 0 Å². The molecule has 0 aliphatic heterocycles. The number of benzene rings is 2. The van der Waals surface area contributed by atoms with E-state index in [2.05, 4.69) is 44.0 Å². The van der Waals surface area contributed by atoms with Crippen molar-refractivity contribution in [3.63, 3.8) is 0 Å². The average Bonchev–Trinajstić information content (AvgIpc) is 2.67. The Morgan fingerprint density at radius 3 is 2.76 bits per heavy atom. The predicted molar refractivity (Wildman–Crippen MR) is 97.5 cm³/mol. The molecule has 3 rings (SSSR count). The fourth-order valence-electron chi connectivity index (χ4n) is 2.39. The molecule has 6 nitrogen and oxygen atoms in total. The van der Waals surface area contributed by atoms with E-state index in [1.54, 1.807) is 18.3 Å². The molecule has 124 valence electrons. The number of nitrogens with one attached hydrogen (secondary N) is 2. The molecule has 0 fully saturated rings. The highest BCUT2D eigenvalue weighted by atomic mass is 15.3. The Kier molecular flexibility index (Phi) is 5.52. The largest absolute Gasteiger partial charge is 0.353 e. The number of aromatic nitrogens is 3. The quantitative estimate of drug-likeness (QED) is 0.645. The number of aryl methyl sites for hydroxylation is 1. The van der Waals surface area contributed by atoms with Crippen molar-refractivity contribution in [2.75, 3.05) is 17.2 Å². The number of rotatable bonds is 7. The first-order valence-electron chi connectivity index (χ1n) is 8.08. The molecular formula is C19H18N6. The van der Waals surface area contributed by atoms with Gasteiger partial charge >= 0.3 is 0 Å². The molecule has 0 saturated heterocycles. The van der Waals surface area contributed by atoms with Crippen molar-refractivity contribution in [2.24, 2.45) is 0 Å². The molecule has 0 atom stereocenters. The van der Waals surface area contributed by atoms with Crippen LogP contribution < -0.4 is 10.6 Å². The van der Waals surface area contributed by atoms with Gasteiger partial charge in [-0.3, -0.25) is 0 Å². The maximum absolute atomic E-state index is 8.95. The zero-order valence-corrected chi connectivity index (χ0v) is 13.7. The molecular weight excluding hydrogens is 312 g/mol. The first-order chi connectivity index (χ1) is 12.3. The minimum absolute atomic E-state index is 0.481. The van der Waals surface area contributed by atoms with Crippen molar-refractivity contribution < 1.29 is 0 Å². The lowest BCUT2D eigenvalue weighted by Crippen LogP contribution is -2.08. The van der Waals surface area contributed by atoms with Crippen LogP contribution in [-0.2, 0) is 6.42 Å². The molecule has 0 unspecified atom stereocenters. The Morgan fingerprint density at radius 1 is 1.04 bits per heavy atom. The van der Waals surface area contributed by atoms with Gasteiger partial charge in [0.2, 0.25) is 5.95 Å². The van der Waals surface area contributed by atoms with Crippen molar-refractivity contribution in [3.05, 3.63) is 71.9 Å². The predicted octanol–water partition coefficient (Wildman–Crippen LogP) is 3.53. The normalized spacial score (nSPS) is 10.0. The van der Waals surface area contributed by atoms with E-state index in [1.807, 2.05) is 30.3 Å². The number of hydrogen-bond donors (Lipinski definition) is 2. The summed E-state index contributed by atoms with van der Waals surface area (Å²) in [6.45, 7) is 0.768. The molecule has 0 bridgehead atoms. The molecule has 2 N–H and O–H groups in total. The Morgan fingerprint density at radius 2 is 1.92 bits per heavy atom. The zero-order valence-electron chi connectivity index (χ0n) is 13.7. The van der Waals surface area contributed by atoms with E-state index in [1.165, 1.54) is 5.56 Å². The second-order valence-electron chi connectivity index (χ2n) is 5.50. The smallest absolute Gasteiger partial charge is 0.244 e. The van der Waals surface area contributed by atoms with Crippen LogP contribution in [0.2, 0.25) is 0 Å². The highest BCUT2D eigenvalue weighted by Crippen LogP contribution is 2.15. The summed E-state index contributed by atoms with van der Waals surface area (Å²) in [7, 11) is 0. The van der Waals surface area contributed by atoms with Gasteiger partial charge in [0, 0.05) is 12.2 Å². The molecule has 0 saturated carbocycles. The Balaban J connectivity index is 1.53. The minimum atomic E-state index is 0.481. The van der Waals surface area contributed by atoms with Crippen LogP contribution in [0.1, 0.15) is 17.5 Å². The van der Waals surface area contributed by atoms with Crippen molar-refractivity contribution >= 4 is 17.5 Å². The van der Waals surface area contributed by atoms with Crippen LogP contribution in [0.3, 0.4) is 0 Å². The molecule has 0 aliphatic rings. The standard InChI is InChI=1S/C19H18N6/c20-13-16-8-4-10-17(12-16)23-18-14-22-25-19(24-18)21-11-5-9-15-6-2-1-3-7-15/h1-4,6-8,10,12,14H,5,9,11H2,(H2,21,23,24,25).